The van der Waals surface area contributed by atoms with Crippen molar-refractivity contribution in [3.05, 3.63) is 66.1 Å². The number of hydrogen-bond donors (Lipinski definition) is 3. The highest BCUT2D eigenvalue weighted by molar-refractivity contribution is 5.97. The van der Waals surface area contributed by atoms with Gasteiger partial charge in [0.15, 0.2) is 0 Å². The third-order valence-electron chi connectivity index (χ3n) is 6.72. The van der Waals surface area contributed by atoms with Crippen LogP contribution in [0.1, 0.15) is 42.1 Å². The molecule has 0 unspecified atom stereocenters. The number of imidazole rings is 1. The Morgan fingerprint density at radius 2 is 2.00 bits per heavy atom. The number of aromatic hydroxyl groups is 1. The van der Waals surface area contributed by atoms with Crippen molar-refractivity contribution in [1.82, 2.24) is 20.2 Å². The van der Waals surface area contributed by atoms with Gasteiger partial charge in [-0.2, -0.15) is 0 Å². The summed E-state index contributed by atoms with van der Waals surface area (Å²) in [6.07, 6.45) is 6.44. The molecule has 1 saturated heterocycles. The number of ether oxygens (including phenoxy) is 2. The summed E-state index contributed by atoms with van der Waals surface area (Å²) in [4.78, 5) is 27.3. The Labute approximate surface area is 229 Å². The van der Waals surface area contributed by atoms with Gasteiger partial charge < -0.3 is 24.9 Å². The fraction of sp³-hybridized carbons (Fsp3) is 0.367. The van der Waals surface area contributed by atoms with Crippen LogP contribution >= 0.6 is 0 Å². The number of carbonyl (C=O) groups excluding carboxylic acids is 1. The summed E-state index contributed by atoms with van der Waals surface area (Å²) >= 11 is 0. The Bertz CT molecular complexity index is 1350. The van der Waals surface area contributed by atoms with E-state index < -0.39 is 0 Å². The third-order valence-corrected chi connectivity index (χ3v) is 6.72. The molecule has 3 aromatic rings. The molecule has 0 bridgehead atoms. The number of phenolic OH excluding ortho intramolecular Hbond substituents is 1. The van der Waals surface area contributed by atoms with E-state index in [1.165, 1.54) is 0 Å². The number of nitrogens with zero attached hydrogens (tertiary/aromatic N) is 3. The Balaban J connectivity index is 1.42. The molecule has 1 aliphatic rings. The third kappa shape index (κ3) is 7.13. The van der Waals surface area contributed by atoms with Crippen molar-refractivity contribution in [3.63, 3.8) is 0 Å². The second kappa shape index (κ2) is 13.7. The average Bonchev–Trinajstić information content (AvgIpc) is 3.39. The summed E-state index contributed by atoms with van der Waals surface area (Å²) in [5.74, 6) is 0.867. The first-order valence-corrected chi connectivity index (χ1v) is 13.3. The minimum absolute atomic E-state index is 0.0748. The molecule has 0 atom stereocenters. The summed E-state index contributed by atoms with van der Waals surface area (Å²) in [6.45, 7) is 11.1. The molecule has 4 rings (SSSR count). The van der Waals surface area contributed by atoms with E-state index in [2.05, 4.69) is 31.8 Å². The number of benzene rings is 2. The number of nitrogens with one attached hydrogen (secondary N) is 2. The molecule has 1 amide bonds. The molecule has 2 heterocycles. The van der Waals surface area contributed by atoms with E-state index in [1.54, 1.807) is 56.7 Å². The minimum atomic E-state index is -0.115. The summed E-state index contributed by atoms with van der Waals surface area (Å²) in [6, 6.07) is 10.5. The molecule has 206 valence electrons. The van der Waals surface area contributed by atoms with Gasteiger partial charge in [-0.3, -0.25) is 9.69 Å². The fourth-order valence-corrected chi connectivity index (χ4v) is 4.62. The highest BCUT2D eigenvalue weighted by Gasteiger charge is 2.15. The normalized spacial score (nSPS) is 14.9. The molecule has 0 aliphatic carbocycles. The van der Waals surface area contributed by atoms with Crippen LogP contribution in [0.3, 0.4) is 0 Å². The van der Waals surface area contributed by atoms with E-state index in [1.807, 2.05) is 6.07 Å². The van der Waals surface area contributed by atoms with Crippen LogP contribution in [0, 0.1) is 0 Å². The number of carbonyl (C=O) groups is 1. The SMILES string of the molecule is C=C/C(=C(\N=C/C)OC)c1ccc(O)c(-c2nc3ccc(C(=O)NCCCCCN4CCOCC4)cc3[nH]2)c1. The van der Waals surface area contributed by atoms with Crippen molar-refractivity contribution in [2.24, 2.45) is 4.99 Å². The van der Waals surface area contributed by atoms with Crippen molar-refractivity contribution in [3.8, 4) is 17.1 Å². The summed E-state index contributed by atoms with van der Waals surface area (Å²) in [7, 11) is 1.55. The molecular formula is C30H37N5O4. The van der Waals surface area contributed by atoms with E-state index in [0.717, 1.165) is 57.7 Å². The van der Waals surface area contributed by atoms with Crippen LogP contribution in [0.2, 0.25) is 0 Å². The highest BCUT2D eigenvalue weighted by atomic mass is 16.5. The van der Waals surface area contributed by atoms with Gasteiger partial charge in [0.1, 0.15) is 11.6 Å². The van der Waals surface area contributed by atoms with Crippen LogP contribution in [0.5, 0.6) is 5.75 Å². The predicted octanol–water partition coefficient (Wildman–Crippen LogP) is 4.76. The lowest BCUT2D eigenvalue weighted by Gasteiger charge is -2.26. The molecule has 1 aliphatic heterocycles. The summed E-state index contributed by atoms with van der Waals surface area (Å²) in [5.41, 5.74) is 3.94. The maximum atomic E-state index is 12.8. The molecule has 9 heteroatoms. The molecule has 0 spiro atoms. The van der Waals surface area contributed by atoms with Gasteiger partial charge in [0.25, 0.3) is 5.91 Å². The lowest BCUT2D eigenvalue weighted by atomic mass is 10.0. The van der Waals surface area contributed by atoms with Crippen molar-refractivity contribution in [1.29, 1.82) is 0 Å². The van der Waals surface area contributed by atoms with E-state index in [4.69, 9.17) is 9.47 Å². The van der Waals surface area contributed by atoms with Gasteiger partial charge >= 0.3 is 0 Å². The van der Waals surface area contributed by atoms with Crippen LogP contribution in [0.15, 0.2) is 59.9 Å². The van der Waals surface area contributed by atoms with Crippen molar-refractivity contribution < 1.29 is 19.4 Å². The quantitative estimate of drug-likeness (QED) is 0.134. The number of amides is 1. The molecule has 0 radical (unpaired) electrons. The fourth-order valence-electron chi connectivity index (χ4n) is 4.62. The maximum Gasteiger partial charge on any atom is 0.251 e. The number of fused-ring (bicyclic) bond motifs is 1. The molecule has 39 heavy (non-hydrogen) atoms. The predicted molar refractivity (Wildman–Crippen MR) is 155 cm³/mol. The number of methoxy groups -OCH3 is 1. The van der Waals surface area contributed by atoms with Gasteiger partial charge in [-0.05, 0) is 62.2 Å². The Morgan fingerprint density at radius 1 is 1.21 bits per heavy atom. The van der Waals surface area contributed by atoms with Crippen molar-refractivity contribution >= 4 is 28.7 Å². The zero-order valence-corrected chi connectivity index (χ0v) is 22.7. The smallest absolute Gasteiger partial charge is 0.251 e. The number of hydrogen-bond acceptors (Lipinski definition) is 7. The molecule has 2 aromatic carbocycles. The van der Waals surface area contributed by atoms with E-state index >= 15 is 0 Å². The van der Waals surface area contributed by atoms with Gasteiger partial charge in [0.2, 0.25) is 5.88 Å². The summed E-state index contributed by atoms with van der Waals surface area (Å²) < 4.78 is 10.8. The lowest BCUT2D eigenvalue weighted by molar-refractivity contribution is 0.0371. The van der Waals surface area contributed by atoms with Gasteiger partial charge in [-0.25, -0.2) is 9.98 Å². The number of unbranched alkanes of at least 4 members (excludes halogenated alkanes) is 2. The number of aromatic amines is 1. The largest absolute Gasteiger partial charge is 0.507 e. The first-order valence-electron chi connectivity index (χ1n) is 13.3. The number of phenols is 1. The molecule has 3 N–H and O–H groups in total. The Morgan fingerprint density at radius 3 is 2.74 bits per heavy atom. The number of H-pyrrole nitrogens is 1. The number of rotatable bonds is 12. The zero-order chi connectivity index (χ0) is 27.6. The van der Waals surface area contributed by atoms with Gasteiger partial charge in [0.05, 0.1) is 36.9 Å². The second-order valence-corrected chi connectivity index (χ2v) is 9.33. The highest BCUT2D eigenvalue weighted by Crippen LogP contribution is 2.33. The maximum absolute atomic E-state index is 12.8. The first-order chi connectivity index (χ1) is 19.0. The monoisotopic (exact) mass is 531 g/mol. The molecule has 0 saturated carbocycles. The number of aliphatic imine (C=N–C) groups is 1. The minimum Gasteiger partial charge on any atom is -0.507 e. The van der Waals surface area contributed by atoms with E-state index in [0.29, 0.717) is 46.0 Å². The molecule has 1 fully saturated rings. The molecule has 1 aromatic heterocycles. The zero-order valence-electron chi connectivity index (χ0n) is 22.7. The van der Waals surface area contributed by atoms with E-state index in [-0.39, 0.29) is 11.7 Å². The number of aromatic nitrogens is 2. The van der Waals surface area contributed by atoms with Crippen LogP contribution < -0.4 is 5.32 Å². The van der Waals surface area contributed by atoms with Crippen LogP contribution in [0.4, 0.5) is 0 Å². The first kappa shape index (κ1) is 28.1. The van der Waals surface area contributed by atoms with E-state index in [9.17, 15) is 9.90 Å². The number of allylic oxidation sites excluding steroid dienone is 2. The van der Waals surface area contributed by atoms with Crippen LogP contribution in [-0.2, 0) is 9.47 Å². The summed E-state index contributed by atoms with van der Waals surface area (Å²) in [5, 5.41) is 13.6. The van der Waals surface area contributed by atoms with Gasteiger partial charge in [-0.15, -0.1) is 0 Å². The lowest BCUT2D eigenvalue weighted by Crippen LogP contribution is -2.36. The topological polar surface area (TPSA) is 112 Å². The van der Waals surface area contributed by atoms with Gasteiger partial charge in [0, 0.05) is 37.0 Å². The Hall–Kier alpha value is -3.95. The van der Waals surface area contributed by atoms with Crippen LogP contribution in [0.25, 0.3) is 28.0 Å². The molecular weight excluding hydrogens is 494 g/mol. The average molecular weight is 532 g/mol. The van der Waals surface area contributed by atoms with Crippen molar-refractivity contribution in [2.75, 3.05) is 46.5 Å². The Kier molecular flexibility index (Phi) is 9.88. The standard InChI is InChI=1S/C30H37N5O4/c1-4-23(30(38-3)31-5-2)21-10-12-27(36)24(19-21)28-33-25-11-9-22(20-26(25)34-28)29(37)32-13-7-6-8-14-35-15-17-39-18-16-35/h4-5,9-12,19-20,36H,1,6-8,13-18H2,2-3H3,(H,32,37)(H,33,34)/b30-23-,31-5-. The van der Waals surface area contributed by atoms with Crippen molar-refractivity contribution in [2.45, 2.75) is 26.2 Å². The second-order valence-electron chi connectivity index (χ2n) is 9.33. The van der Waals surface area contributed by atoms with Crippen LogP contribution in [-0.4, -0.2) is 78.6 Å². The number of morpholine rings is 1. The van der Waals surface area contributed by atoms with Gasteiger partial charge in [-0.1, -0.05) is 25.1 Å². The molecule has 9 nitrogen and oxygen atoms in total.